The minimum Gasteiger partial charge on any atom is -0.352 e. The van der Waals surface area contributed by atoms with Gasteiger partial charge in [-0.25, -0.2) is 0 Å². The van der Waals surface area contributed by atoms with E-state index in [-0.39, 0.29) is 12.1 Å². The van der Waals surface area contributed by atoms with E-state index in [1.165, 1.54) is 28.1 Å². The van der Waals surface area contributed by atoms with E-state index in [0.717, 1.165) is 28.1 Å². The molecule has 0 bridgehead atoms. The molecule has 1 N–H and O–H groups in total. The summed E-state index contributed by atoms with van der Waals surface area (Å²) >= 11 is 12.2. The predicted molar refractivity (Wildman–Crippen MR) is 142 cm³/mol. The molecule has 0 unspecified atom stereocenters. The van der Waals surface area contributed by atoms with Crippen molar-refractivity contribution in [2.24, 2.45) is 0 Å². The number of benzene rings is 2. The Bertz CT molecular complexity index is 1330. The molecular formula is C28H27ClN4S. The Morgan fingerprint density at radius 2 is 1.71 bits per heavy atom. The standard InChI is InChI=1S/C28H27ClN4S/c1-18-19(2)33(23-13-9-12-22(29)16-23)20(3)25(18)27-26(24-14-7-8-15-30-24)31-28(34)32(27)17-21-10-5-4-6-11-21/h4-16,26-27H,17H2,1-3H3,(H,31,34)/t26-,27+/m0/s1. The summed E-state index contributed by atoms with van der Waals surface area (Å²) < 4.78 is 2.30. The van der Waals surface area contributed by atoms with Gasteiger partial charge in [-0.05, 0) is 74.4 Å². The third kappa shape index (κ3) is 3.99. The summed E-state index contributed by atoms with van der Waals surface area (Å²) in [6.45, 7) is 7.29. The number of aromatic nitrogens is 2. The van der Waals surface area contributed by atoms with Crippen LogP contribution in [0.3, 0.4) is 0 Å². The Morgan fingerprint density at radius 1 is 0.941 bits per heavy atom. The van der Waals surface area contributed by atoms with Crippen molar-refractivity contribution >= 4 is 28.9 Å². The number of hydrogen-bond acceptors (Lipinski definition) is 2. The van der Waals surface area contributed by atoms with Gasteiger partial charge in [0.05, 0.1) is 17.8 Å². The van der Waals surface area contributed by atoms with Crippen molar-refractivity contribution in [3.8, 4) is 5.69 Å². The van der Waals surface area contributed by atoms with Crippen molar-refractivity contribution in [3.05, 3.63) is 118 Å². The molecule has 1 fully saturated rings. The van der Waals surface area contributed by atoms with Crippen molar-refractivity contribution in [1.29, 1.82) is 0 Å². The molecule has 0 aliphatic carbocycles. The Labute approximate surface area is 211 Å². The van der Waals surface area contributed by atoms with Crippen molar-refractivity contribution in [2.45, 2.75) is 39.4 Å². The van der Waals surface area contributed by atoms with Gasteiger partial charge < -0.3 is 14.8 Å². The quantitative estimate of drug-likeness (QED) is 0.321. The first kappa shape index (κ1) is 22.6. The monoisotopic (exact) mass is 486 g/mol. The lowest BCUT2D eigenvalue weighted by Crippen LogP contribution is -2.29. The van der Waals surface area contributed by atoms with Crippen molar-refractivity contribution in [3.63, 3.8) is 0 Å². The number of nitrogens with one attached hydrogen (secondary N) is 1. The smallest absolute Gasteiger partial charge is 0.170 e. The van der Waals surface area contributed by atoms with Crippen LogP contribution in [-0.4, -0.2) is 19.6 Å². The van der Waals surface area contributed by atoms with Crippen LogP contribution in [0.5, 0.6) is 0 Å². The summed E-state index contributed by atoms with van der Waals surface area (Å²) in [6, 6.07) is 24.5. The SMILES string of the molecule is Cc1c([C@@H]2[C@H](c3ccccn3)NC(=S)N2Cc2ccccc2)c(C)n(-c2cccc(Cl)c2)c1C. The van der Waals surface area contributed by atoms with Crippen molar-refractivity contribution in [1.82, 2.24) is 19.8 Å². The minimum atomic E-state index is -0.0515. The average molecular weight is 487 g/mol. The van der Waals surface area contributed by atoms with Crippen LogP contribution in [0.2, 0.25) is 5.02 Å². The average Bonchev–Trinajstić information content (AvgIpc) is 3.27. The molecule has 1 aliphatic rings. The predicted octanol–water partition coefficient (Wildman–Crippen LogP) is 6.62. The van der Waals surface area contributed by atoms with Crippen LogP contribution >= 0.6 is 23.8 Å². The first-order valence-electron chi connectivity index (χ1n) is 11.4. The van der Waals surface area contributed by atoms with Gasteiger partial charge >= 0.3 is 0 Å². The van der Waals surface area contributed by atoms with Crippen molar-refractivity contribution < 1.29 is 0 Å². The second-order valence-electron chi connectivity index (χ2n) is 8.76. The molecule has 1 aliphatic heterocycles. The van der Waals surface area contributed by atoms with E-state index in [4.69, 9.17) is 28.8 Å². The third-order valence-corrected chi connectivity index (χ3v) is 7.35. The molecule has 5 rings (SSSR count). The topological polar surface area (TPSA) is 33.1 Å². The molecule has 2 aromatic carbocycles. The number of hydrogen-bond donors (Lipinski definition) is 1. The van der Waals surface area contributed by atoms with Gasteiger partial charge in [-0.2, -0.15) is 0 Å². The summed E-state index contributed by atoms with van der Waals surface area (Å²) in [6.07, 6.45) is 1.85. The van der Waals surface area contributed by atoms with E-state index in [1.54, 1.807) is 0 Å². The van der Waals surface area contributed by atoms with E-state index < -0.39 is 0 Å². The molecule has 2 aromatic heterocycles. The zero-order valence-corrected chi connectivity index (χ0v) is 21.1. The van der Waals surface area contributed by atoms with Crippen LogP contribution < -0.4 is 5.32 Å². The lowest BCUT2D eigenvalue weighted by molar-refractivity contribution is 0.309. The fourth-order valence-corrected chi connectivity index (χ4v) is 5.60. The molecule has 4 aromatic rings. The van der Waals surface area contributed by atoms with Crippen LogP contribution in [0.15, 0.2) is 79.0 Å². The molecule has 1 saturated heterocycles. The molecule has 3 heterocycles. The van der Waals surface area contributed by atoms with Crippen molar-refractivity contribution in [2.75, 3.05) is 0 Å². The molecule has 0 spiro atoms. The highest BCUT2D eigenvalue weighted by Crippen LogP contribution is 2.44. The summed E-state index contributed by atoms with van der Waals surface area (Å²) in [7, 11) is 0. The number of halogens is 1. The van der Waals surface area contributed by atoms with E-state index in [0.29, 0.717) is 0 Å². The van der Waals surface area contributed by atoms with Gasteiger partial charge in [-0.3, -0.25) is 4.98 Å². The minimum absolute atomic E-state index is 0.00161. The maximum atomic E-state index is 6.35. The summed E-state index contributed by atoms with van der Waals surface area (Å²) in [5.41, 5.74) is 8.19. The van der Waals surface area contributed by atoms with Gasteiger partial charge in [0.1, 0.15) is 0 Å². The highest BCUT2D eigenvalue weighted by molar-refractivity contribution is 7.80. The molecule has 4 nitrogen and oxygen atoms in total. The molecule has 0 amide bonds. The first-order valence-corrected chi connectivity index (χ1v) is 12.2. The normalized spacial score (nSPS) is 17.8. The molecule has 172 valence electrons. The fourth-order valence-electron chi connectivity index (χ4n) is 5.11. The molecule has 0 radical (unpaired) electrons. The number of nitrogens with zero attached hydrogens (tertiary/aromatic N) is 3. The zero-order chi connectivity index (χ0) is 23.8. The largest absolute Gasteiger partial charge is 0.352 e. The molecule has 0 saturated carbocycles. The van der Waals surface area contributed by atoms with Gasteiger partial charge in [0, 0.05) is 40.4 Å². The lowest BCUT2D eigenvalue weighted by atomic mass is 9.93. The molecule has 2 atom stereocenters. The lowest BCUT2D eigenvalue weighted by Gasteiger charge is -2.29. The molecule has 34 heavy (non-hydrogen) atoms. The Kier molecular flexibility index (Phi) is 6.15. The molecule has 6 heteroatoms. The van der Waals surface area contributed by atoms with Crippen LogP contribution in [0.4, 0.5) is 0 Å². The van der Waals surface area contributed by atoms with Gasteiger partial charge in [0.15, 0.2) is 5.11 Å². The zero-order valence-electron chi connectivity index (χ0n) is 19.5. The third-order valence-electron chi connectivity index (χ3n) is 6.76. The summed E-state index contributed by atoms with van der Waals surface area (Å²) in [5, 5.41) is 5.06. The number of pyridine rings is 1. The maximum absolute atomic E-state index is 6.35. The van der Waals surface area contributed by atoms with E-state index >= 15 is 0 Å². The van der Waals surface area contributed by atoms with E-state index in [2.05, 4.69) is 72.0 Å². The summed E-state index contributed by atoms with van der Waals surface area (Å²) in [4.78, 5) is 7.00. The second-order valence-corrected chi connectivity index (χ2v) is 9.59. The van der Waals surface area contributed by atoms with Gasteiger partial charge in [-0.15, -0.1) is 0 Å². The number of rotatable bonds is 5. The van der Waals surface area contributed by atoms with Crippen LogP contribution in [-0.2, 0) is 6.54 Å². The van der Waals surface area contributed by atoms with Gasteiger partial charge in [0.25, 0.3) is 0 Å². The Hall–Kier alpha value is -3.15. The Balaban J connectivity index is 1.67. The second kappa shape index (κ2) is 9.24. The summed E-state index contributed by atoms with van der Waals surface area (Å²) in [5.74, 6) is 0. The maximum Gasteiger partial charge on any atom is 0.170 e. The molecular weight excluding hydrogens is 460 g/mol. The first-order chi connectivity index (χ1) is 16.5. The highest BCUT2D eigenvalue weighted by atomic mass is 35.5. The van der Waals surface area contributed by atoms with Crippen LogP contribution in [0, 0.1) is 20.8 Å². The van der Waals surface area contributed by atoms with Crippen LogP contribution in [0.25, 0.3) is 5.69 Å². The number of thiocarbonyl (C=S) groups is 1. The van der Waals surface area contributed by atoms with E-state index in [9.17, 15) is 0 Å². The van der Waals surface area contributed by atoms with Crippen LogP contribution in [0.1, 0.15) is 45.9 Å². The highest BCUT2D eigenvalue weighted by Gasteiger charge is 2.42. The van der Waals surface area contributed by atoms with E-state index in [1.807, 2.05) is 42.6 Å². The Morgan fingerprint density at radius 3 is 2.41 bits per heavy atom. The fraction of sp³-hybridized carbons (Fsp3) is 0.214. The van der Waals surface area contributed by atoms with Gasteiger partial charge in [0.2, 0.25) is 0 Å². The van der Waals surface area contributed by atoms with Gasteiger partial charge in [-0.1, -0.05) is 54.1 Å².